The molecule has 2 N–H and O–H groups in total. The Morgan fingerprint density at radius 1 is 1.42 bits per heavy atom. The Balaban J connectivity index is 1.75. The van der Waals surface area contributed by atoms with Crippen LogP contribution in [0.4, 0.5) is 0 Å². The smallest absolute Gasteiger partial charge is 0.308 e. The number of nitrogens with one attached hydrogen (secondary N) is 1. The summed E-state index contributed by atoms with van der Waals surface area (Å²) in [4.78, 5) is 11.0. The van der Waals surface area contributed by atoms with Crippen molar-refractivity contribution in [2.24, 2.45) is 0 Å². The first-order valence-electron chi connectivity index (χ1n) is 6.75. The van der Waals surface area contributed by atoms with Crippen molar-refractivity contribution in [2.75, 3.05) is 13.7 Å². The third-order valence-electron chi connectivity index (χ3n) is 3.50. The number of rotatable bonds is 6. The molecule has 1 aliphatic rings. The molecule has 4 nitrogen and oxygen atoms in total. The normalized spacial score (nSPS) is 15.1. The van der Waals surface area contributed by atoms with Gasteiger partial charge in [0.1, 0.15) is 0 Å². The van der Waals surface area contributed by atoms with Gasteiger partial charge in [-0.3, -0.25) is 4.79 Å². The van der Waals surface area contributed by atoms with Crippen molar-refractivity contribution >= 4 is 5.97 Å². The molecule has 0 bridgehead atoms. The second-order valence-electron chi connectivity index (χ2n) is 5.02. The number of fused-ring (bicyclic) bond motifs is 1. The van der Waals surface area contributed by atoms with Gasteiger partial charge in [0.15, 0.2) is 0 Å². The Morgan fingerprint density at radius 3 is 3.00 bits per heavy atom. The van der Waals surface area contributed by atoms with E-state index in [9.17, 15) is 9.90 Å². The van der Waals surface area contributed by atoms with Crippen molar-refractivity contribution in [1.82, 2.24) is 5.32 Å². The van der Waals surface area contributed by atoms with Crippen LogP contribution in [0.3, 0.4) is 0 Å². The lowest BCUT2D eigenvalue weighted by molar-refractivity contribution is -0.142. The fraction of sp³-hybridized carbons (Fsp3) is 0.533. The molecule has 0 saturated heterocycles. The molecule has 0 aliphatic heterocycles. The Morgan fingerprint density at radius 2 is 2.21 bits per heavy atom. The van der Waals surface area contributed by atoms with Gasteiger partial charge in [-0.25, -0.2) is 0 Å². The maximum atomic E-state index is 11.0. The zero-order chi connectivity index (χ0) is 13.7. The molecule has 4 heteroatoms. The summed E-state index contributed by atoms with van der Waals surface area (Å²) in [5.41, 5.74) is 4.15. The van der Waals surface area contributed by atoms with Gasteiger partial charge in [0, 0.05) is 13.1 Å². The third kappa shape index (κ3) is 4.04. The quantitative estimate of drug-likeness (QED) is 0.757. The molecule has 2 rings (SSSR count). The Hall–Kier alpha value is -1.39. The number of aryl methyl sites for hydroxylation is 2. The Bertz CT molecular complexity index is 445. The SMILES string of the molecule is COC(=O)CC(O)CNCc1ccc2c(c1)CCC2. The predicted molar refractivity (Wildman–Crippen MR) is 72.8 cm³/mol. The Kier molecular flexibility index (Phi) is 4.93. The van der Waals surface area contributed by atoms with Crippen molar-refractivity contribution in [3.63, 3.8) is 0 Å². The lowest BCUT2D eigenvalue weighted by atomic mass is 10.1. The molecular weight excluding hydrogens is 242 g/mol. The van der Waals surface area contributed by atoms with Crippen molar-refractivity contribution in [1.29, 1.82) is 0 Å². The highest BCUT2D eigenvalue weighted by molar-refractivity contribution is 5.69. The monoisotopic (exact) mass is 263 g/mol. The molecule has 0 spiro atoms. The van der Waals surface area contributed by atoms with Gasteiger partial charge >= 0.3 is 5.97 Å². The van der Waals surface area contributed by atoms with Gasteiger partial charge < -0.3 is 15.2 Å². The van der Waals surface area contributed by atoms with Crippen molar-refractivity contribution in [3.05, 3.63) is 34.9 Å². The molecule has 104 valence electrons. The number of methoxy groups -OCH3 is 1. The molecule has 0 radical (unpaired) electrons. The average Bonchev–Trinajstić information content (AvgIpc) is 2.86. The Labute approximate surface area is 113 Å². The van der Waals surface area contributed by atoms with Crippen LogP contribution in [0.25, 0.3) is 0 Å². The molecule has 1 aromatic rings. The van der Waals surface area contributed by atoms with E-state index in [1.165, 1.54) is 43.1 Å². The second-order valence-corrected chi connectivity index (χ2v) is 5.02. The molecule has 1 aromatic carbocycles. The number of aliphatic hydroxyl groups excluding tert-OH is 1. The van der Waals surface area contributed by atoms with Crippen molar-refractivity contribution < 1.29 is 14.6 Å². The lowest BCUT2D eigenvalue weighted by Crippen LogP contribution is -2.28. The van der Waals surface area contributed by atoms with E-state index >= 15 is 0 Å². The van der Waals surface area contributed by atoms with Crippen LogP contribution in [0.15, 0.2) is 18.2 Å². The van der Waals surface area contributed by atoms with Gasteiger partial charge in [0.2, 0.25) is 0 Å². The lowest BCUT2D eigenvalue weighted by Gasteiger charge is -2.11. The van der Waals surface area contributed by atoms with E-state index < -0.39 is 6.10 Å². The van der Waals surface area contributed by atoms with E-state index in [1.807, 2.05) is 0 Å². The number of hydrogen-bond acceptors (Lipinski definition) is 4. The summed E-state index contributed by atoms with van der Waals surface area (Å²) in [6.07, 6.45) is 2.97. The van der Waals surface area contributed by atoms with Gasteiger partial charge in [-0.2, -0.15) is 0 Å². The van der Waals surface area contributed by atoms with Crippen LogP contribution in [-0.4, -0.2) is 30.8 Å². The van der Waals surface area contributed by atoms with E-state index in [2.05, 4.69) is 28.3 Å². The van der Waals surface area contributed by atoms with E-state index in [-0.39, 0.29) is 12.4 Å². The van der Waals surface area contributed by atoms with Crippen LogP contribution in [0.1, 0.15) is 29.5 Å². The maximum absolute atomic E-state index is 11.0. The van der Waals surface area contributed by atoms with E-state index in [0.29, 0.717) is 13.1 Å². The van der Waals surface area contributed by atoms with Gasteiger partial charge in [-0.05, 0) is 36.0 Å². The summed E-state index contributed by atoms with van der Waals surface area (Å²) in [6, 6.07) is 6.57. The number of benzene rings is 1. The minimum atomic E-state index is -0.693. The van der Waals surface area contributed by atoms with Crippen LogP contribution in [0.2, 0.25) is 0 Å². The van der Waals surface area contributed by atoms with Crippen LogP contribution in [0.5, 0.6) is 0 Å². The van der Waals surface area contributed by atoms with Crippen LogP contribution >= 0.6 is 0 Å². The largest absolute Gasteiger partial charge is 0.469 e. The third-order valence-corrected chi connectivity index (χ3v) is 3.50. The number of hydrogen-bond donors (Lipinski definition) is 2. The highest BCUT2D eigenvalue weighted by Gasteiger charge is 2.12. The first-order valence-corrected chi connectivity index (χ1v) is 6.75. The topological polar surface area (TPSA) is 58.6 Å². The minimum absolute atomic E-state index is 0.0354. The molecular formula is C15H21NO3. The van der Waals surface area contributed by atoms with E-state index in [4.69, 9.17) is 0 Å². The average molecular weight is 263 g/mol. The van der Waals surface area contributed by atoms with Crippen LogP contribution < -0.4 is 5.32 Å². The summed E-state index contributed by atoms with van der Waals surface area (Å²) >= 11 is 0. The zero-order valence-electron chi connectivity index (χ0n) is 11.3. The zero-order valence-corrected chi connectivity index (χ0v) is 11.3. The molecule has 1 unspecified atom stereocenters. The molecule has 1 aliphatic carbocycles. The summed E-state index contributed by atoms with van der Waals surface area (Å²) in [6.45, 7) is 1.11. The maximum Gasteiger partial charge on any atom is 0.308 e. The number of aliphatic hydroxyl groups is 1. The molecule has 0 aromatic heterocycles. The summed E-state index contributed by atoms with van der Waals surface area (Å²) in [5.74, 6) is -0.383. The summed E-state index contributed by atoms with van der Waals surface area (Å²) in [5, 5.41) is 12.8. The van der Waals surface area contributed by atoms with E-state index in [0.717, 1.165) is 0 Å². The fourth-order valence-electron chi connectivity index (χ4n) is 2.47. The van der Waals surface area contributed by atoms with Gasteiger partial charge in [-0.15, -0.1) is 0 Å². The van der Waals surface area contributed by atoms with Crippen molar-refractivity contribution in [2.45, 2.75) is 38.3 Å². The number of ether oxygens (including phenoxy) is 1. The molecule has 0 fully saturated rings. The highest BCUT2D eigenvalue weighted by Crippen LogP contribution is 2.22. The summed E-state index contributed by atoms with van der Waals surface area (Å²) in [7, 11) is 1.33. The van der Waals surface area contributed by atoms with Crippen LogP contribution in [-0.2, 0) is 28.9 Å². The van der Waals surface area contributed by atoms with Crippen molar-refractivity contribution in [3.8, 4) is 0 Å². The molecule has 0 amide bonds. The minimum Gasteiger partial charge on any atom is -0.469 e. The first kappa shape index (κ1) is 14.0. The number of carbonyl (C=O) groups is 1. The predicted octanol–water partition coefficient (Wildman–Crippen LogP) is 1.19. The number of carbonyl (C=O) groups excluding carboxylic acids is 1. The highest BCUT2D eigenvalue weighted by atomic mass is 16.5. The standard InChI is InChI=1S/C15H21NO3/c1-19-15(18)8-14(17)10-16-9-11-5-6-12-3-2-4-13(12)7-11/h5-7,14,16-17H,2-4,8-10H2,1H3. The van der Waals surface area contributed by atoms with Gasteiger partial charge in [0.25, 0.3) is 0 Å². The first-order chi connectivity index (χ1) is 9.19. The molecule has 0 saturated carbocycles. The summed E-state index contributed by atoms with van der Waals surface area (Å²) < 4.78 is 4.51. The molecule has 1 atom stereocenters. The van der Waals surface area contributed by atoms with Gasteiger partial charge in [0.05, 0.1) is 19.6 Å². The molecule has 19 heavy (non-hydrogen) atoms. The van der Waals surface area contributed by atoms with Crippen LogP contribution in [0, 0.1) is 0 Å². The van der Waals surface area contributed by atoms with E-state index in [1.54, 1.807) is 0 Å². The second kappa shape index (κ2) is 6.68. The number of esters is 1. The van der Waals surface area contributed by atoms with Gasteiger partial charge in [-0.1, -0.05) is 18.2 Å². The fourth-order valence-corrected chi connectivity index (χ4v) is 2.47. The molecule has 0 heterocycles.